The second kappa shape index (κ2) is 5.64. The molecule has 4 rings (SSSR count). The molecule has 2 aromatic heterocycles. The molecule has 114 valence electrons. The molecule has 22 heavy (non-hydrogen) atoms. The molecule has 3 atom stereocenters. The van der Waals surface area contributed by atoms with Crippen LogP contribution in [0.5, 0.6) is 0 Å². The summed E-state index contributed by atoms with van der Waals surface area (Å²) in [6.07, 6.45) is 6.48. The van der Waals surface area contributed by atoms with Crippen LogP contribution < -0.4 is 5.32 Å². The second-order valence-corrected chi connectivity index (χ2v) is 8.80. The Balaban J connectivity index is 1.49. The minimum atomic E-state index is 0.0761. The number of fused-ring (bicyclic) bond motifs is 2. The predicted molar refractivity (Wildman–Crippen MR) is 92.9 cm³/mol. The molecule has 3 unspecified atom stereocenters. The summed E-state index contributed by atoms with van der Waals surface area (Å²) in [6, 6.07) is 1.80. The first-order valence-corrected chi connectivity index (χ1v) is 9.45. The van der Waals surface area contributed by atoms with Crippen molar-refractivity contribution < 1.29 is 4.79 Å². The first-order chi connectivity index (χ1) is 10.6. The van der Waals surface area contributed by atoms with Crippen LogP contribution in [0.2, 0.25) is 8.67 Å². The van der Waals surface area contributed by atoms with Crippen molar-refractivity contribution in [3.63, 3.8) is 0 Å². The van der Waals surface area contributed by atoms with Crippen molar-refractivity contribution in [1.29, 1.82) is 0 Å². The lowest BCUT2D eigenvalue weighted by molar-refractivity contribution is -0.120. The minimum Gasteiger partial charge on any atom is -0.302 e. The fraction of sp³-hybridized carbons (Fsp3) is 0.333. The Bertz CT molecular complexity index is 767. The number of allylic oxidation sites excluding steroid dienone is 2. The monoisotopic (exact) mass is 370 g/mol. The number of thiophene rings is 1. The van der Waals surface area contributed by atoms with Gasteiger partial charge in [-0.2, -0.15) is 0 Å². The van der Waals surface area contributed by atoms with Crippen LogP contribution in [0, 0.1) is 17.8 Å². The van der Waals surface area contributed by atoms with E-state index in [0.29, 0.717) is 25.6 Å². The van der Waals surface area contributed by atoms with Gasteiger partial charge >= 0.3 is 0 Å². The van der Waals surface area contributed by atoms with E-state index in [4.69, 9.17) is 23.2 Å². The van der Waals surface area contributed by atoms with E-state index in [1.165, 1.54) is 22.7 Å². The normalized spacial score (nSPS) is 25.8. The van der Waals surface area contributed by atoms with Crippen molar-refractivity contribution in [3.8, 4) is 11.3 Å². The van der Waals surface area contributed by atoms with Crippen LogP contribution in [0.25, 0.3) is 11.3 Å². The van der Waals surface area contributed by atoms with E-state index in [1.807, 2.05) is 5.38 Å². The van der Waals surface area contributed by atoms with Crippen LogP contribution in [0.3, 0.4) is 0 Å². The van der Waals surface area contributed by atoms with Gasteiger partial charge in [0, 0.05) is 16.9 Å². The standard InChI is InChI=1S/C15H12Cl2N2OS2/c16-12-5-10(13(17)22-12)11-6-21-15(18-11)19-14(20)9-4-7-1-2-8(9)3-7/h1-2,5-9H,3-4H2,(H,18,19,20). The Morgan fingerprint density at radius 1 is 1.32 bits per heavy atom. The molecule has 1 saturated carbocycles. The number of hydrogen-bond acceptors (Lipinski definition) is 4. The first kappa shape index (κ1) is 14.7. The summed E-state index contributed by atoms with van der Waals surface area (Å²) >= 11 is 14.8. The highest BCUT2D eigenvalue weighted by Crippen LogP contribution is 2.44. The van der Waals surface area contributed by atoms with Gasteiger partial charge in [-0.25, -0.2) is 4.98 Å². The average Bonchev–Trinajstić information content (AvgIpc) is 3.23. The maximum Gasteiger partial charge on any atom is 0.229 e. The van der Waals surface area contributed by atoms with Gasteiger partial charge < -0.3 is 5.32 Å². The molecule has 1 N–H and O–H groups in total. The number of hydrogen-bond donors (Lipinski definition) is 1. The fourth-order valence-corrected chi connectivity index (χ4v) is 5.44. The molecule has 0 aromatic carbocycles. The molecular formula is C15H12Cl2N2OS2. The van der Waals surface area contributed by atoms with Gasteiger partial charge in [0.25, 0.3) is 0 Å². The highest BCUT2D eigenvalue weighted by Gasteiger charge is 2.39. The number of aromatic nitrogens is 1. The first-order valence-electron chi connectivity index (χ1n) is 7.00. The van der Waals surface area contributed by atoms with Crippen molar-refractivity contribution in [1.82, 2.24) is 4.98 Å². The molecule has 2 bridgehead atoms. The Morgan fingerprint density at radius 2 is 2.18 bits per heavy atom. The topological polar surface area (TPSA) is 42.0 Å². The summed E-state index contributed by atoms with van der Waals surface area (Å²) in [6.45, 7) is 0. The SMILES string of the molecule is O=C(Nc1nc(-c2cc(Cl)sc2Cl)cs1)C1CC2C=CC1C2. The fourth-order valence-electron chi connectivity index (χ4n) is 3.25. The van der Waals surface area contributed by atoms with Crippen molar-refractivity contribution in [2.24, 2.45) is 17.8 Å². The second-order valence-electron chi connectivity index (χ2n) is 5.65. The van der Waals surface area contributed by atoms with Gasteiger partial charge in [0.1, 0.15) is 4.34 Å². The summed E-state index contributed by atoms with van der Waals surface area (Å²) in [5.74, 6) is 1.14. The van der Waals surface area contributed by atoms with Crippen LogP contribution in [-0.2, 0) is 4.79 Å². The number of halogens is 2. The summed E-state index contributed by atoms with van der Waals surface area (Å²) in [4.78, 5) is 16.9. The van der Waals surface area contributed by atoms with Gasteiger partial charge in [0.05, 0.1) is 10.0 Å². The zero-order valence-corrected chi connectivity index (χ0v) is 14.5. The lowest BCUT2D eigenvalue weighted by Gasteiger charge is -2.16. The van der Waals surface area contributed by atoms with Crippen LogP contribution >= 0.6 is 45.9 Å². The molecule has 3 nitrogen and oxygen atoms in total. The third kappa shape index (κ3) is 2.60. The lowest BCUT2D eigenvalue weighted by Crippen LogP contribution is -2.25. The summed E-state index contributed by atoms with van der Waals surface area (Å²) in [5.41, 5.74) is 1.57. The number of rotatable bonds is 3. The Labute approximate surface area is 146 Å². The van der Waals surface area contributed by atoms with E-state index in [1.54, 1.807) is 6.07 Å². The van der Waals surface area contributed by atoms with Crippen molar-refractivity contribution in [2.75, 3.05) is 5.32 Å². The van der Waals surface area contributed by atoms with Gasteiger partial charge in [-0.05, 0) is 30.7 Å². The van der Waals surface area contributed by atoms with Gasteiger partial charge in [-0.3, -0.25) is 4.79 Å². The maximum absolute atomic E-state index is 12.4. The molecule has 2 aliphatic carbocycles. The molecule has 7 heteroatoms. The number of amides is 1. The number of nitrogens with one attached hydrogen (secondary N) is 1. The number of anilines is 1. The molecular weight excluding hydrogens is 359 g/mol. The minimum absolute atomic E-state index is 0.0761. The molecule has 2 heterocycles. The van der Waals surface area contributed by atoms with Crippen molar-refractivity contribution >= 4 is 56.9 Å². The summed E-state index contributed by atoms with van der Waals surface area (Å²) in [5, 5.41) is 5.45. The Hall–Kier alpha value is -0.880. The van der Waals surface area contributed by atoms with Gasteiger partial charge in [0.15, 0.2) is 5.13 Å². The Morgan fingerprint density at radius 3 is 2.82 bits per heavy atom. The molecule has 0 spiro atoms. The van der Waals surface area contributed by atoms with E-state index in [0.717, 1.165) is 24.1 Å². The summed E-state index contributed by atoms with van der Waals surface area (Å²) in [7, 11) is 0. The zero-order chi connectivity index (χ0) is 15.3. The molecule has 1 amide bonds. The van der Waals surface area contributed by atoms with Crippen molar-refractivity contribution in [3.05, 3.63) is 32.3 Å². The van der Waals surface area contributed by atoms with Gasteiger partial charge in [-0.1, -0.05) is 35.4 Å². The quantitative estimate of drug-likeness (QED) is 0.741. The van der Waals surface area contributed by atoms with E-state index in [2.05, 4.69) is 22.5 Å². The third-order valence-corrected chi connectivity index (χ3v) is 6.53. The maximum atomic E-state index is 12.4. The molecule has 2 aliphatic rings. The zero-order valence-electron chi connectivity index (χ0n) is 11.4. The largest absolute Gasteiger partial charge is 0.302 e. The highest BCUT2D eigenvalue weighted by atomic mass is 35.5. The number of carbonyl (C=O) groups excluding carboxylic acids is 1. The molecule has 0 saturated heterocycles. The number of nitrogens with zero attached hydrogens (tertiary/aromatic N) is 1. The van der Waals surface area contributed by atoms with E-state index < -0.39 is 0 Å². The lowest BCUT2D eigenvalue weighted by atomic mass is 9.93. The summed E-state index contributed by atoms with van der Waals surface area (Å²) < 4.78 is 1.25. The predicted octanol–water partition coefficient (Wildman–Crippen LogP) is 5.33. The average molecular weight is 371 g/mol. The van der Waals surface area contributed by atoms with Gasteiger partial charge in [0.2, 0.25) is 5.91 Å². The Kier molecular flexibility index (Phi) is 3.77. The number of thiazole rings is 1. The molecule has 0 radical (unpaired) electrons. The van der Waals surface area contributed by atoms with E-state index in [9.17, 15) is 4.79 Å². The smallest absolute Gasteiger partial charge is 0.229 e. The molecule has 1 fully saturated rings. The highest BCUT2D eigenvalue weighted by molar-refractivity contribution is 7.20. The number of carbonyl (C=O) groups is 1. The van der Waals surface area contributed by atoms with Crippen LogP contribution in [-0.4, -0.2) is 10.9 Å². The van der Waals surface area contributed by atoms with Crippen LogP contribution in [0.4, 0.5) is 5.13 Å². The van der Waals surface area contributed by atoms with Crippen LogP contribution in [0.15, 0.2) is 23.6 Å². The molecule has 2 aromatic rings. The van der Waals surface area contributed by atoms with Gasteiger partial charge in [-0.15, -0.1) is 22.7 Å². The molecule has 0 aliphatic heterocycles. The van der Waals surface area contributed by atoms with Crippen molar-refractivity contribution in [2.45, 2.75) is 12.8 Å². The van der Waals surface area contributed by atoms with E-state index >= 15 is 0 Å². The van der Waals surface area contributed by atoms with Crippen LogP contribution in [0.1, 0.15) is 12.8 Å². The van der Waals surface area contributed by atoms with E-state index in [-0.39, 0.29) is 11.8 Å². The third-order valence-electron chi connectivity index (χ3n) is 4.28.